The third-order valence-electron chi connectivity index (χ3n) is 5.90. The van der Waals surface area contributed by atoms with Gasteiger partial charge in [-0.1, -0.05) is 31.2 Å². The number of carbonyl (C=O) groups is 2. The molecule has 1 heterocycles. The molecular weight excluding hydrogens is 418 g/mol. The molecule has 0 aromatic heterocycles. The van der Waals surface area contributed by atoms with Crippen LogP contribution in [0.25, 0.3) is 5.57 Å². The molecule has 0 unspecified atom stereocenters. The number of nitro benzene ring substituents is 1. The molecule has 7 nitrogen and oxygen atoms in total. The molecular formula is C26H23N3O4. The quantitative estimate of drug-likeness (QED) is 0.324. The van der Waals surface area contributed by atoms with Crippen molar-refractivity contribution in [2.45, 2.75) is 27.2 Å². The van der Waals surface area contributed by atoms with Gasteiger partial charge in [0, 0.05) is 17.8 Å². The lowest BCUT2D eigenvalue weighted by molar-refractivity contribution is -0.384. The van der Waals surface area contributed by atoms with Crippen LogP contribution in [-0.2, 0) is 16.0 Å². The summed E-state index contributed by atoms with van der Waals surface area (Å²) in [5.41, 5.74) is 4.78. The second-order valence-corrected chi connectivity index (χ2v) is 7.89. The van der Waals surface area contributed by atoms with Gasteiger partial charge >= 0.3 is 0 Å². The molecule has 2 amide bonds. The first-order valence-corrected chi connectivity index (χ1v) is 10.6. The Bertz CT molecular complexity index is 1290. The van der Waals surface area contributed by atoms with Crippen molar-refractivity contribution in [1.82, 2.24) is 0 Å². The Morgan fingerprint density at radius 1 is 0.909 bits per heavy atom. The minimum Gasteiger partial charge on any atom is -0.350 e. The molecule has 3 aromatic rings. The predicted molar refractivity (Wildman–Crippen MR) is 128 cm³/mol. The summed E-state index contributed by atoms with van der Waals surface area (Å²) < 4.78 is 0. The van der Waals surface area contributed by atoms with Crippen molar-refractivity contribution >= 4 is 34.4 Å². The maximum absolute atomic E-state index is 13.6. The molecule has 0 bridgehead atoms. The number of aryl methyl sites for hydroxylation is 2. The van der Waals surface area contributed by atoms with E-state index in [1.807, 2.05) is 44.2 Å². The Balaban J connectivity index is 1.82. The second kappa shape index (κ2) is 8.70. The lowest BCUT2D eigenvalue weighted by Crippen LogP contribution is -2.33. The minimum absolute atomic E-state index is 0.0906. The summed E-state index contributed by atoms with van der Waals surface area (Å²) in [5.74, 6) is -0.947. The molecule has 0 atom stereocenters. The highest BCUT2D eigenvalue weighted by Gasteiger charge is 2.41. The molecule has 4 rings (SSSR count). The van der Waals surface area contributed by atoms with Crippen molar-refractivity contribution in [3.63, 3.8) is 0 Å². The SMILES string of the molecule is CCc1ccc(NC2=C(c3ccc([N+](=O)[O-])cc3)C(=O)N(c3cccc(C)c3C)C2=O)cc1. The molecule has 7 heteroatoms. The number of nitrogens with zero attached hydrogens (tertiary/aromatic N) is 2. The number of hydrogen-bond acceptors (Lipinski definition) is 5. The normalized spacial score (nSPS) is 13.6. The van der Waals surface area contributed by atoms with Gasteiger partial charge in [-0.3, -0.25) is 19.7 Å². The van der Waals surface area contributed by atoms with Crippen LogP contribution in [0.1, 0.15) is 29.2 Å². The van der Waals surface area contributed by atoms with Crippen LogP contribution in [-0.4, -0.2) is 16.7 Å². The van der Waals surface area contributed by atoms with Crippen molar-refractivity contribution in [2.75, 3.05) is 10.2 Å². The summed E-state index contributed by atoms with van der Waals surface area (Å²) in [6, 6.07) is 18.7. The van der Waals surface area contributed by atoms with E-state index in [9.17, 15) is 19.7 Å². The van der Waals surface area contributed by atoms with Crippen LogP contribution in [0.3, 0.4) is 0 Å². The van der Waals surface area contributed by atoms with E-state index in [1.54, 1.807) is 12.1 Å². The number of nitro groups is 1. The number of benzene rings is 3. The first kappa shape index (κ1) is 22.0. The van der Waals surface area contributed by atoms with Gasteiger partial charge in [-0.2, -0.15) is 0 Å². The standard InChI is InChI=1S/C26H23N3O4/c1-4-18-8-12-20(13-9-18)27-24-23(19-10-14-21(15-11-19)29(32)33)25(30)28(26(24)31)22-7-5-6-16(2)17(22)3/h5-15,27H,4H2,1-3H3. The number of imide groups is 1. The van der Waals surface area contributed by atoms with E-state index < -0.39 is 16.7 Å². The maximum atomic E-state index is 13.6. The van der Waals surface area contributed by atoms with Crippen LogP contribution in [0.2, 0.25) is 0 Å². The van der Waals surface area contributed by atoms with Gasteiger partial charge in [0.1, 0.15) is 5.70 Å². The lowest BCUT2D eigenvalue weighted by atomic mass is 10.0. The van der Waals surface area contributed by atoms with Crippen LogP contribution in [0.15, 0.2) is 72.4 Å². The van der Waals surface area contributed by atoms with Gasteiger partial charge in [-0.05, 0) is 72.9 Å². The number of carbonyl (C=O) groups excluding carboxylic acids is 2. The van der Waals surface area contributed by atoms with Crippen molar-refractivity contribution in [3.8, 4) is 0 Å². The Labute approximate surface area is 191 Å². The number of amides is 2. The number of rotatable bonds is 6. The van der Waals surface area contributed by atoms with Crippen LogP contribution < -0.4 is 10.2 Å². The zero-order chi connectivity index (χ0) is 23.7. The van der Waals surface area contributed by atoms with E-state index in [0.717, 1.165) is 23.1 Å². The summed E-state index contributed by atoms with van der Waals surface area (Å²) in [5, 5.41) is 14.2. The van der Waals surface area contributed by atoms with Crippen LogP contribution in [0, 0.1) is 24.0 Å². The van der Waals surface area contributed by atoms with Crippen molar-refractivity contribution in [3.05, 3.63) is 105 Å². The van der Waals surface area contributed by atoms with E-state index in [4.69, 9.17) is 0 Å². The smallest absolute Gasteiger partial charge is 0.282 e. The monoisotopic (exact) mass is 441 g/mol. The molecule has 0 fully saturated rings. The fourth-order valence-corrected chi connectivity index (χ4v) is 3.83. The lowest BCUT2D eigenvalue weighted by Gasteiger charge is -2.19. The Morgan fingerprint density at radius 3 is 2.18 bits per heavy atom. The van der Waals surface area contributed by atoms with E-state index in [2.05, 4.69) is 12.2 Å². The van der Waals surface area contributed by atoms with Gasteiger partial charge in [-0.25, -0.2) is 4.90 Å². The van der Waals surface area contributed by atoms with Crippen molar-refractivity contribution < 1.29 is 14.5 Å². The zero-order valence-corrected chi connectivity index (χ0v) is 18.6. The highest BCUT2D eigenvalue weighted by atomic mass is 16.6. The third kappa shape index (κ3) is 4.01. The van der Waals surface area contributed by atoms with E-state index >= 15 is 0 Å². The highest BCUT2D eigenvalue weighted by Crippen LogP contribution is 2.36. The van der Waals surface area contributed by atoms with Gasteiger partial charge in [0.25, 0.3) is 17.5 Å². The molecule has 33 heavy (non-hydrogen) atoms. The number of anilines is 2. The molecule has 0 saturated carbocycles. The van der Waals surface area contributed by atoms with E-state index in [-0.39, 0.29) is 17.0 Å². The number of non-ortho nitro benzene ring substituents is 1. The van der Waals surface area contributed by atoms with E-state index in [1.165, 1.54) is 29.2 Å². The Kier molecular flexibility index (Phi) is 5.79. The largest absolute Gasteiger partial charge is 0.350 e. The van der Waals surface area contributed by atoms with Gasteiger partial charge in [0.2, 0.25) is 0 Å². The van der Waals surface area contributed by atoms with Crippen LogP contribution in [0.4, 0.5) is 17.1 Å². The molecule has 0 aliphatic carbocycles. The van der Waals surface area contributed by atoms with Crippen molar-refractivity contribution in [2.24, 2.45) is 0 Å². The Hall–Kier alpha value is -4.26. The molecule has 166 valence electrons. The zero-order valence-electron chi connectivity index (χ0n) is 18.6. The summed E-state index contributed by atoms with van der Waals surface area (Å²) in [6.07, 6.45) is 0.884. The molecule has 0 radical (unpaired) electrons. The fraction of sp³-hybridized carbons (Fsp3) is 0.154. The fourth-order valence-electron chi connectivity index (χ4n) is 3.83. The molecule has 1 N–H and O–H groups in total. The average molecular weight is 441 g/mol. The summed E-state index contributed by atoms with van der Waals surface area (Å²) in [7, 11) is 0. The third-order valence-corrected chi connectivity index (χ3v) is 5.90. The predicted octanol–water partition coefficient (Wildman–Crippen LogP) is 5.17. The van der Waals surface area contributed by atoms with Crippen molar-refractivity contribution in [1.29, 1.82) is 0 Å². The van der Waals surface area contributed by atoms with Crippen LogP contribution in [0.5, 0.6) is 0 Å². The molecule has 0 spiro atoms. The highest BCUT2D eigenvalue weighted by molar-refractivity contribution is 6.46. The molecule has 0 saturated heterocycles. The Morgan fingerprint density at radius 2 is 1.58 bits per heavy atom. The molecule has 3 aromatic carbocycles. The maximum Gasteiger partial charge on any atom is 0.282 e. The van der Waals surface area contributed by atoms with Crippen LogP contribution >= 0.6 is 0 Å². The summed E-state index contributed by atoms with van der Waals surface area (Å²) in [6.45, 7) is 5.84. The first-order chi connectivity index (χ1) is 15.8. The van der Waals surface area contributed by atoms with Gasteiger partial charge in [-0.15, -0.1) is 0 Å². The second-order valence-electron chi connectivity index (χ2n) is 7.89. The van der Waals surface area contributed by atoms with Gasteiger partial charge < -0.3 is 5.32 Å². The first-order valence-electron chi connectivity index (χ1n) is 10.6. The van der Waals surface area contributed by atoms with Gasteiger partial charge in [0.05, 0.1) is 16.2 Å². The summed E-state index contributed by atoms with van der Waals surface area (Å²) >= 11 is 0. The molecule has 1 aliphatic rings. The number of nitrogens with one attached hydrogen (secondary N) is 1. The topological polar surface area (TPSA) is 92.6 Å². The molecule has 1 aliphatic heterocycles. The summed E-state index contributed by atoms with van der Waals surface area (Å²) in [4.78, 5) is 38.8. The van der Waals surface area contributed by atoms with E-state index in [0.29, 0.717) is 16.9 Å². The number of hydrogen-bond donors (Lipinski definition) is 1. The minimum atomic E-state index is -0.503. The average Bonchev–Trinajstić information content (AvgIpc) is 3.05. The van der Waals surface area contributed by atoms with Gasteiger partial charge in [0.15, 0.2) is 0 Å².